The Morgan fingerprint density at radius 3 is 2.21 bits per heavy atom. The fourth-order valence-corrected chi connectivity index (χ4v) is 0.531. The Kier molecular flexibility index (Phi) is 3.81. The summed E-state index contributed by atoms with van der Waals surface area (Å²) in [6, 6.07) is 2.00. The molecule has 1 amide bonds. The van der Waals surface area contributed by atoms with Gasteiger partial charge in [0.15, 0.2) is 0 Å². The van der Waals surface area contributed by atoms with Crippen molar-refractivity contribution < 1.29 is 9.53 Å². The van der Waals surface area contributed by atoms with Crippen molar-refractivity contribution in [3.63, 3.8) is 0 Å². The van der Waals surface area contributed by atoms with E-state index in [9.17, 15) is 4.79 Å². The van der Waals surface area contributed by atoms with Gasteiger partial charge in [-0.1, -0.05) is 0 Å². The van der Waals surface area contributed by atoms with E-state index < -0.39 is 17.1 Å². The Balaban J connectivity index is 4.29. The zero-order valence-electron chi connectivity index (χ0n) is 9.29. The molecule has 0 N–H and O–H groups in total. The Bertz CT molecular complexity index is 279. The van der Waals surface area contributed by atoms with E-state index in [1.165, 1.54) is 6.21 Å². The Labute approximate surface area is 84.6 Å². The summed E-state index contributed by atoms with van der Waals surface area (Å²) in [7, 11) is 0. The summed E-state index contributed by atoms with van der Waals surface area (Å²) < 4.78 is 4.93. The third-order valence-corrected chi connectivity index (χ3v) is 1.17. The van der Waals surface area contributed by atoms with Gasteiger partial charge in [-0.3, -0.25) is 0 Å². The molecule has 0 aromatic rings. The number of hydrogen-bond donors (Lipinski definition) is 0. The van der Waals surface area contributed by atoms with Gasteiger partial charge in [-0.05, 0) is 34.6 Å². The average Bonchev–Trinajstić information content (AvgIpc) is 1.98. The van der Waals surface area contributed by atoms with Gasteiger partial charge in [0.1, 0.15) is 5.60 Å². The maximum atomic E-state index is 11.1. The molecule has 0 aromatic heterocycles. The molecule has 0 unspecified atom stereocenters. The number of ether oxygens (including phenoxy) is 1. The largest absolute Gasteiger partial charge is 0.442 e. The monoisotopic (exact) mass is 196 g/mol. The van der Waals surface area contributed by atoms with Crippen molar-refractivity contribution in [3.8, 4) is 6.07 Å². The molecule has 4 heteroatoms. The van der Waals surface area contributed by atoms with Gasteiger partial charge in [0.25, 0.3) is 0 Å². The van der Waals surface area contributed by atoms with Crippen LogP contribution in [0, 0.1) is 16.7 Å². The summed E-state index contributed by atoms with van der Waals surface area (Å²) in [5, 5.41) is 8.65. The molecule has 0 aromatic carbocycles. The maximum absolute atomic E-state index is 11.1. The first kappa shape index (κ1) is 12.6. The summed E-state index contributed by atoms with van der Waals surface area (Å²) in [4.78, 5) is 14.6. The van der Waals surface area contributed by atoms with Gasteiger partial charge in [0.2, 0.25) is 0 Å². The van der Waals surface area contributed by atoms with Gasteiger partial charge in [0, 0.05) is 6.21 Å². The number of rotatable bonds is 1. The van der Waals surface area contributed by atoms with Crippen LogP contribution in [0.4, 0.5) is 4.79 Å². The van der Waals surface area contributed by atoms with Crippen molar-refractivity contribution in [2.24, 2.45) is 10.4 Å². The number of hydrogen-bond acceptors (Lipinski definition) is 3. The average molecular weight is 196 g/mol. The molecule has 0 aliphatic carbocycles. The number of aliphatic imine (C=N–C) groups is 1. The van der Waals surface area contributed by atoms with E-state index in [2.05, 4.69) is 4.99 Å². The van der Waals surface area contributed by atoms with E-state index in [0.717, 1.165) is 0 Å². The molecule has 0 bridgehead atoms. The molecule has 0 aliphatic rings. The third-order valence-electron chi connectivity index (χ3n) is 1.17. The highest BCUT2D eigenvalue weighted by atomic mass is 16.6. The molecule has 0 saturated heterocycles. The zero-order chi connectivity index (χ0) is 11.4. The highest BCUT2D eigenvalue weighted by molar-refractivity contribution is 5.83. The Morgan fingerprint density at radius 1 is 1.36 bits per heavy atom. The quantitative estimate of drug-likeness (QED) is 0.605. The van der Waals surface area contributed by atoms with Gasteiger partial charge in [-0.15, -0.1) is 0 Å². The zero-order valence-corrected chi connectivity index (χ0v) is 9.29. The predicted molar refractivity (Wildman–Crippen MR) is 54.1 cm³/mol. The molecular formula is C10H16N2O2. The standard InChI is InChI=1S/C10H16N2O2/c1-9(2,3)14-8(13)12-7-10(4,5)6-11/h7H,1-5H3/b12-7+. The first-order chi connectivity index (χ1) is 6.16. The summed E-state index contributed by atoms with van der Waals surface area (Å²) >= 11 is 0. The Morgan fingerprint density at radius 2 is 1.86 bits per heavy atom. The SMILES string of the molecule is CC(C)(C#N)/C=N/C(=O)OC(C)(C)C. The predicted octanol–water partition coefficient (Wildman–Crippen LogP) is 2.54. The molecule has 0 heterocycles. The molecule has 78 valence electrons. The second kappa shape index (κ2) is 4.23. The third kappa shape index (κ3) is 6.18. The molecule has 0 radical (unpaired) electrons. The summed E-state index contributed by atoms with van der Waals surface area (Å²) in [6.45, 7) is 8.61. The highest BCUT2D eigenvalue weighted by Crippen LogP contribution is 2.11. The van der Waals surface area contributed by atoms with Crippen LogP contribution in [0.1, 0.15) is 34.6 Å². The van der Waals surface area contributed by atoms with Crippen LogP contribution in [0.25, 0.3) is 0 Å². The summed E-state index contributed by atoms with van der Waals surface area (Å²) in [6.07, 6.45) is 0.627. The minimum Gasteiger partial charge on any atom is -0.442 e. The molecular weight excluding hydrogens is 180 g/mol. The summed E-state index contributed by atoms with van der Waals surface area (Å²) in [5.74, 6) is 0. The molecule has 14 heavy (non-hydrogen) atoms. The van der Waals surface area contributed by atoms with Crippen molar-refractivity contribution in [2.75, 3.05) is 0 Å². The second-order valence-electron chi connectivity index (χ2n) is 4.57. The molecule has 0 rings (SSSR count). The fourth-order valence-electron chi connectivity index (χ4n) is 0.531. The maximum Gasteiger partial charge on any atom is 0.433 e. The first-order valence-electron chi connectivity index (χ1n) is 4.36. The van der Waals surface area contributed by atoms with E-state index in [1.807, 2.05) is 6.07 Å². The fraction of sp³-hybridized carbons (Fsp3) is 0.700. The van der Waals surface area contributed by atoms with Crippen LogP contribution < -0.4 is 0 Å². The van der Waals surface area contributed by atoms with Gasteiger partial charge in [0.05, 0.1) is 11.5 Å². The lowest BCUT2D eigenvalue weighted by Crippen LogP contribution is -2.22. The topological polar surface area (TPSA) is 62.5 Å². The van der Waals surface area contributed by atoms with Crippen molar-refractivity contribution >= 4 is 12.3 Å². The van der Waals surface area contributed by atoms with E-state index in [0.29, 0.717) is 0 Å². The molecule has 0 aliphatic heterocycles. The van der Waals surface area contributed by atoms with Crippen molar-refractivity contribution in [3.05, 3.63) is 0 Å². The number of nitriles is 1. The number of carbonyl (C=O) groups excluding carboxylic acids is 1. The second-order valence-corrected chi connectivity index (χ2v) is 4.57. The molecule has 0 atom stereocenters. The van der Waals surface area contributed by atoms with E-state index >= 15 is 0 Å². The summed E-state index contributed by atoms with van der Waals surface area (Å²) in [5.41, 5.74) is -1.29. The van der Waals surface area contributed by atoms with Crippen LogP contribution >= 0.6 is 0 Å². The molecule has 0 fully saturated rings. The normalized spacial score (nSPS) is 12.6. The van der Waals surface area contributed by atoms with E-state index in [-0.39, 0.29) is 0 Å². The van der Waals surface area contributed by atoms with E-state index in [1.54, 1.807) is 34.6 Å². The number of nitrogens with zero attached hydrogens (tertiary/aromatic N) is 2. The van der Waals surface area contributed by atoms with E-state index in [4.69, 9.17) is 10.00 Å². The van der Waals surface area contributed by atoms with Crippen LogP contribution in [0.2, 0.25) is 0 Å². The van der Waals surface area contributed by atoms with Crippen LogP contribution in [-0.2, 0) is 4.74 Å². The lowest BCUT2D eigenvalue weighted by Gasteiger charge is -2.17. The molecule has 0 spiro atoms. The van der Waals surface area contributed by atoms with Crippen molar-refractivity contribution in [1.82, 2.24) is 0 Å². The lowest BCUT2D eigenvalue weighted by molar-refractivity contribution is 0.0604. The van der Waals surface area contributed by atoms with Crippen LogP contribution in [0.15, 0.2) is 4.99 Å². The molecule has 4 nitrogen and oxygen atoms in total. The van der Waals surface area contributed by atoms with Crippen LogP contribution in [-0.4, -0.2) is 17.9 Å². The van der Waals surface area contributed by atoms with Gasteiger partial charge in [-0.25, -0.2) is 4.79 Å². The highest BCUT2D eigenvalue weighted by Gasteiger charge is 2.17. The van der Waals surface area contributed by atoms with Gasteiger partial charge >= 0.3 is 6.09 Å². The number of carbonyl (C=O) groups is 1. The first-order valence-corrected chi connectivity index (χ1v) is 4.36. The molecule has 0 saturated carbocycles. The van der Waals surface area contributed by atoms with Crippen LogP contribution in [0.3, 0.4) is 0 Å². The minimum absolute atomic E-state index is 0.550. The Hall–Kier alpha value is -1.37. The smallest absolute Gasteiger partial charge is 0.433 e. The minimum atomic E-state index is -0.739. The van der Waals surface area contributed by atoms with Crippen molar-refractivity contribution in [2.45, 2.75) is 40.2 Å². The van der Waals surface area contributed by atoms with Gasteiger partial charge in [-0.2, -0.15) is 10.3 Å². The van der Waals surface area contributed by atoms with Crippen LogP contribution in [0.5, 0.6) is 0 Å². The number of amides is 1. The lowest BCUT2D eigenvalue weighted by atomic mass is 9.98. The van der Waals surface area contributed by atoms with Gasteiger partial charge < -0.3 is 4.74 Å². The van der Waals surface area contributed by atoms with Crippen molar-refractivity contribution in [1.29, 1.82) is 5.26 Å².